The zero-order chi connectivity index (χ0) is 19.4. The van der Waals surface area contributed by atoms with Crippen LogP contribution in [0.5, 0.6) is 0 Å². The minimum absolute atomic E-state index is 0.0281. The van der Waals surface area contributed by atoms with Crippen molar-refractivity contribution in [3.05, 3.63) is 77.7 Å². The summed E-state index contributed by atoms with van der Waals surface area (Å²) in [5.41, 5.74) is 0.833. The zero-order valence-electron chi connectivity index (χ0n) is 14.5. The van der Waals surface area contributed by atoms with Gasteiger partial charge in [-0.3, -0.25) is 4.79 Å². The fraction of sp³-hybridized carbons (Fsp3) is 0.105. The lowest BCUT2D eigenvalue weighted by Gasteiger charge is -2.08. The van der Waals surface area contributed by atoms with Gasteiger partial charge in [0.15, 0.2) is 5.76 Å². The van der Waals surface area contributed by atoms with E-state index in [1.807, 2.05) is 30.3 Å². The summed E-state index contributed by atoms with van der Waals surface area (Å²) in [4.78, 5) is 13.4. The first-order valence-electron chi connectivity index (χ1n) is 8.04. The van der Waals surface area contributed by atoms with E-state index in [1.54, 1.807) is 43.0 Å². The van der Waals surface area contributed by atoms with Crippen molar-refractivity contribution in [3.63, 3.8) is 0 Å². The minimum Gasteiger partial charge on any atom is -0.455 e. The second-order valence-electron chi connectivity index (χ2n) is 5.85. The van der Waals surface area contributed by atoms with Crippen LogP contribution >= 0.6 is 11.8 Å². The smallest absolute Gasteiger partial charge is 0.291 e. The first-order valence-corrected chi connectivity index (χ1v) is 10.6. The van der Waals surface area contributed by atoms with Crippen molar-refractivity contribution >= 4 is 33.4 Å². The molecule has 140 valence electrons. The average molecular weight is 402 g/mol. The van der Waals surface area contributed by atoms with E-state index in [1.165, 1.54) is 6.07 Å². The molecule has 0 radical (unpaired) electrons. The van der Waals surface area contributed by atoms with E-state index in [2.05, 4.69) is 5.32 Å². The van der Waals surface area contributed by atoms with Gasteiger partial charge in [-0.05, 0) is 48.9 Å². The molecule has 1 aromatic heterocycles. The van der Waals surface area contributed by atoms with E-state index in [-0.39, 0.29) is 10.7 Å². The van der Waals surface area contributed by atoms with Crippen molar-refractivity contribution in [1.82, 2.24) is 0 Å². The first kappa shape index (κ1) is 19.2. The molecule has 3 rings (SSSR count). The Bertz CT molecular complexity index is 1060. The SMILES string of the molecule is Cc1ccc(NC(=O)c2ccc(CSc3ccccc3)o2)cc1S(N)(=O)=O. The van der Waals surface area contributed by atoms with Crippen LogP contribution in [-0.4, -0.2) is 14.3 Å². The van der Waals surface area contributed by atoms with Crippen LogP contribution in [0.3, 0.4) is 0 Å². The van der Waals surface area contributed by atoms with Gasteiger partial charge < -0.3 is 9.73 Å². The van der Waals surface area contributed by atoms with Gasteiger partial charge in [-0.1, -0.05) is 24.3 Å². The molecule has 27 heavy (non-hydrogen) atoms. The van der Waals surface area contributed by atoms with Crippen molar-refractivity contribution in [2.75, 3.05) is 5.32 Å². The number of nitrogens with two attached hydrogens (primary N) is 1. The van der Waals surface area contributed by atoms with E-state index >= 15 is 0 Å². The summed E-state index contributed by atoms with van der Waals surface area (Å²) in [7, 11) is -3.86. The van der Waals surface area contributed by atoms with Crippen molar-refractivity contribution in [2.45, 2.75) is 22.5 Å². The molecule has 0 fully saturated rings. The average Bonchev–Trinajstić information content (AvgIpc) is 3.11. The van der Waals surface area contributed by atoms with Crippen LogP contribution in [0.1, 0.15) is 21.9 Å². The fourth-order valence-corrected chi connectivity index (χ4v) is 4.05. The monoisotopic (exact) mass is 402 g/mol. The number of hydrogen-bond acceptors (Lipinski definition) is 5. The molecule has 0 saturated heterocycles. The number of nitrogens with one attached hydrogen (secondary N) is 1. The summed E-state index contributed by atoms with van der Waals surface area (Å²) in [5, 5.41) is 7.82. The van der Waals surface area contributed by atoms with E-state index in [4.69, 9.17) is 9.56 Å². The lowest BCUT2D eigenvalue weighted by Crippen LogP contribution is -2.15. The summed E-state index contributed by atoms with van der Waals surface area (Å²) in [6, 6.07) is 17.7. The van der Waals surface area contributed by atoms with Gasteiger partial charge in [0.1, 0.15) is 5.76 Å². The standard InChI is InChI=1S/C19H18N2O4S2/c1-13-7-8-14(11-18(13)27(20,23)24)21-19(22)17-10-9-15(25-17)12-26-16-5-3-2-4-6-16/h2-11H,12H2,1H3,(H,21,22)(H2,20,23,24). The fourth-order valence-electron chi connectivity index (χ4n) is 2.43. The predicted molar refractivity (Wildman–Crippen MR) is 105 cm³/mol. The molecule has 1 amide bonds. The van der Waals surface area contributed by atoms with E-state index in [9.17, 15) is 13.2 Å². The molecular weight excluding hydrogens is 384 g/mol. The second-order valence-corrected chi connectivity index (χ2v) is 8.43. The van der Waals surface area contributed by atoms with E-state index in [0.717, 1.165) is 4.90 Å². The van der Waals surface area contributed by atoms with Gasteiger partial charge in [0.25, 0.3) is 5.91 Å². The normalized spacial score (nSPS) is 11.3. The molecule has 0 spiro atoms. The van der Waals surface area contributed by atoms with Crippen LogP contribution in [0.15, 0.2) is 74.9 Å². The van der Waals surface area contributed by atoms with Crippen LogP contribution in [-0.2, 0) is 15.8 Å². The van der Waals surface area contributed by atoms with Crippen molar-refractivity contribution in [1.29, 1.82) is 0 Å². The van der Waals surface area contributed by atoms with Crippen molar-refractivity contribution < 1.29 is 17.6 Å². The van der Waals surface area contributed by atoms with Gasteiger partial charge in [0, 0.05) is 10.6 Å². The number of benzene rings is 2. The van der Waals surface area contributed by atoms with E-state index < -0.39 is 15.9 Å². The van der Waals surface area contributed by atoms with Crippen LogP contribution in [0.2, 0.25) is 0 Å². The highest BCUT2D eigenvalue weighted by atomic mass is 32.2. The number of primary sulfonamides is 1. The number of rotatable bonds is 6. The molecule has 6 nitrogen and oxygen atoms in total. The Labute approximate surface area is 161 Å². The number of aryl methyl sites for hydroxylation is 1. The molecule has 0 saturated carbocycles. The van der Waals surface area contributed by atoms with Gasteiger partial charge >= 0.3 is 0 Å². The molecule has 1 heterocycles. The Morgan fingerprint density at radius 1 is 1.11 bits per heavy atom. The third kappa shape index (κ3) is 5.00. The maximum absolute atomic E-state index is 12.4. The van der Waals surface area contributed by atoms with Crippen LogP contribution in [0.4, 0.5) is 5.69 Å². The number of carbonyl (C=O) groups is 1. The number of amides is 1. The number of sulfonamides is 1. The quantitative estimate of drug-likeness (QED) is 0.611. The number of anilines is 1. The Balaban J connectivity index is 1.68. The van der Waals surface area contributed by atoms with Crippen LogP contribution in [0, 0.1) is 6.92 Å². The number of carbonyl (C=O) groups excluding carboxylic acids is 1. The molecule has 3 N–H and O–H groups in total. The lowest BCUT2D eigenvalue weighted by atomic mass is 10.2. The molecular formula is C19H18N2O4S2. The maximum Gasteiger partial charge on any atom is 0.291 e. The number of thioether (sulfide) groups is 1. The number of furan rings is 1. The molecule has 0 aliphatic carbocycles. The molecule has 3 aromatic rings. The Hall–Kier alpha value is -2.55. The topological polar surface area (TPSA) is 102 Å². The zero-order valence-corrected chi connectivity index (χ0v) is 16.1. The highest BCUT2D eigenvalue weighted by Crippen LogP contribution is 2.24. The number of hydrogen-bond donors (Lipinski definition) is 2. The summed E-state index contributed by atoms with van der Waals surface area (Å²) in [5.74, 6) is 0.951. The largest absolute Gasteiger partial charge is 0.455 e. The van der Waals surface area contributed by atoms with Gasteiger partial charge in [-0.2, -0.15) is 0 Å². The second kappa shape index (κ2) is 7.99. The third-order valence-electron chi connectivity index (χ3n) is 3.76. The third-order valence-corrected chi connectivity index (χ3v) is 5.85. The maximum atomic E-state index is 12.4. The van der Waals surface area contributed by atoms with Crippen molar-refractivity contribution in [3.8, 4) is 0 Å². The lowest BCUT2D eigenvalue weighted by molar-refractivity contribution is 0.0995. The van der Waals surface area contributed by atoms with Gasteiger partial charge in [0.05, 0.1) is 10.6 Å². The molecule has 0 unspecified atom stereocenters. The Morgan fingerprint density at radius 2 is 1.85 bits per heavy atom. The highest BCUT2D eigenvalue weighted by molar-refractivity contribution is 7.98. The molecule has 8 heteroatoms. The highest BCUT2D eigenvalue weighted by Gasteiger charge is 2.15. The predicted octanol–water partition coefficient (Wildman–Crippen LogP) is 3.78. The summed E-state index contributed by atoms with van der Waals surface area (Å²) >= 11 is 1.60. The molecule has 0 bridgehead atoms. The minimum atomic E-state index is -3.86. The van der Waals surface area contributed by atoms with Gasteiger partial charge in [-0.25, -0.2) is 13.6 Å². The van der Waals surface area contributed by atoms with Crippen LogP contribution < -0.4 is 10.5 Å². The summed E-state index contributed by atoms with van der Waals surface area (Å²) < 4.78 is 28.8. The molecule has 0 aliphatic rings. The summed E-state index contributed by atoms with van der Waals surface area (Å²) in [6.07, 6.45) is 0. The van der Waals surface area contributed by atoms with Crippen LogP contribution in [0.25, 0.3) is 0 Å². The van der Waals surface area contributed by atoms with Crippen molar-refractivity contribution in [2.24, 2.45) is 5.14 Å². The van der Waals surface area contributed by atoms with Gasteiger partial charge in [-0.15, -0.1) is 11.8 Å². The Morgan fingerprint density at radius 3 is 2.56 bits per heavy atom. The van der Waals surface area contributed by atoms with E-state index in [0.29, 0.717) is 22.8 Å². The Kier molecular flexibility index (Phi) is 5.69. The summed E-state index contributed by atoms with van der Waals surface area (Å²) in [6.45, 7) is 1.63. The molecule has 0 atom stereocenters. The molecule has 2 aromatic carbocycles. The first-order chi connectivity index (χ1) is 12.8. The molecule has 0 aliphatic heterocycles. The van der Waals surface area contributed by atoms with Gasteiger partial charge in [0.2, 0.25) is 10.0 Å².